The topological polar surface area (TPSA) is 98.2 Å². The first kappa shape index (κ1) is 17.3. The number of hydrogen-bond acceptors (Lipinski definition) is 3. The number of rotatable bonds is 5. The van der Waals surface area contributed by atoms with Gasteiger partial charge in [0.15, 0.2) is 0 Å². The SMILES string of the molecule is Cc1ccc(CNC(=O)C(N)CC(N)=O)cc1F.Cl. The summed E-state index contributed by atoms with van der Waals surface area (Å²) in [5, 5.41) is 2.51. The van der Waals surface area contributed by atoms with Crippen LogP contribution in [0.1, 0.15) is 17.5 Å². The van der Waals surface area contributed by atoms with Crippen molar-refractivity contribution in [2.45, 2.75) is 25.9 Å². The Labute approximate surface area is 116 Å². The molecule has 0 aromatic heterocycles. The van der Waals surface area contributed by atoms with Gasteiger partial charge in [-0.05, 0) is 24.1 Å². The van der Waals surface area contributed by atoms with Gasteiger partial charge in [0.05, 0.1) is 12.5 Å². The zero-order chi connectivity index (χ0) is 13.7. The highest BCUT2D eigenvalue weighted by molar-refractivity contribution is 5.87. The van der Waals surface area contributed by atoms with E-state index in [2.05, 4.69) is 5.32 Å². The minimum Gasteiger partial charge on any atom is -0.370 e. The van der Waals surface area contributed by atoms with E-state index in [1.165, 1.54) is 6.07 Å². The average Bonchev–Trinajstić information content (AvgIpc) is 2.29. The lowest BCUT2D eigenvalue weighted by molar-refractivity contribution is -0.126. The normalized spacial score (nSPS) is 11.3. The van der Waals surface area contributed by atoms with Gasteiger partial charge in [0.2, 0.25) is 11.8 Å². The molecule has 106 valence electrons. The summed E-state index contributed by atoms with van der Waals surface area (Å²) in [6.45, 7) is 1.81. The maximum atomic E-state index is 13.2. The molecule has 0 saturated carbocycles. The van der Waals surface area contributed by atoms with Crippen molar-refractivity contribution in [2.24, 2.45) is 11.5 Å². The second-order valence-corrected chi connectivity index (χ2v) is 4.08. The second kappa shape index (κ2) is 7.70. The fourth-order valence-electron chi connectivity index (χ4n) is 1.38. The smallest absolute Gasteiger partial charge is 0.237 e. The summed E-state index contributed by atoms with van der Waals surface area (Å²) in [5.41, 5.74) is 11.5. The lowest BCUT2D eigenvalue weighted by Crippen LogP contribution is -2.42. The number of carbonyl (C=O) groups is 2. The molecule has 0 radical (unpaired) electrons. The fraction of sp³-hybridized carbons (Fsp3) is 0.333. The molecule has 1 atom stereocenters. The Kier molecular flexibility index (Phi) is 7.03. The molecule has 1 aromatic carbocycles. The first-order valence-electron chi connectivity index (χ1n) is 5.46. The Bertz CT molecular complexity index is 468. The van der Waals surface area contributed by atoms with Crippen molar-refractivity contribution in [3.05, 3.63) is 35.1 Å². The van der Waals surface area contributed by atoms with E-state index in [4.69, 9.17) is 11.5 Å². The first-order valence-corrected chi connectivity index (χ1v) is 5.46. The molecule has 1 aromatic rings. The molecule has 5 nitrogen and oxygen atoms in total. The zero-order valence-electron chi connectivity index (χ0n) is 10.5. The Balaban J connectivity index is 0.00000324. The molecular formula is C12H17ClFN3O2. The van der Waals surface area contributed by atoms with E-state index in [-0.39, 0.29) is 31.2 Å². The van der Waals surface area contributed by atoms with Crippen LogP contribution >= 0.6 is 12.4 Å². The van der Waals surface area contributed by atoms with Gasteiger partial charge in [-0.3, -0.25) is 9.59 Å². The maximum Gasteiger partial charge on any atom is 0.237 e. The number of halogens is 2. The predicted molar refractivity (Wildman–Crippen MR) is 72.0 cm³/mol. The van der Waals surface area contributed by atoms with Crippen LogP contribution in [0, 0.1) is 12.7 Å². The summed E-state index contributed by atoms with van der Waals surface area (Å²) < 4.78 is 13.2. The highest BCUT2D eigenvalue weighted by Crippen LogP contribution is 2.08. The third kappa shape index (κ3) is 5.67. The van der Waals surface area contributed by atoms with Crippen molar-refractivity contribution < 1.29 is 14.0 Å². The third-order valence-corrected chi connectivity index (χ3v) is 2.46. The van der Waals surface area contributed by atoms with Crippen LogP contribution in [0.5, 0.6) is 0 Å². The molecule has 0 aliphatic rings. The molecular weight excluding hydrogens is 273 g/mol. The van der Waals surface area contributed by atoms with Gasteiger partial charge in [0.25, 0.3) is 0 Å². The average molecular weight is 290 g/mol. The van der Waals surface area contributed by atoms with Gasteiger partial charge in [0, 0.05) is 6.54 Å². The number of amides is 2. The van der Waals surface area contributed by atoms with Gasteiger partial charge in [-0.2, -0.15) is 0 Å². The van der Waals surface area contributed by atoms with Crippen molar-refractivity contribution in [2.75, 3.05) is 0 Å². The molecule has 1 unspecified atom stereocenters. The van der Waals surface area contributed by atoms with E-state index in [1.807, 2.05) is 0 Å². The largest absolute Gasteiger partial charge is 0.370 e. The maximum absolute atomic E-state index is 13.2. The predicted octanol–water partition coefficient (Wildman–Crippen LogP) is 0.375. The second-order valence-electron chi connectivity index (χ2n) is 4.08. The summed E-state index contributed by atoms with van der Waals surface area (Å²) in [5.74, 6) is -1.46. The Morgan fingerprint density at radius 1 is 1.42 bits per heavy atom. The van der Waals surface area contributed by atoms with Crippen LogP contribution in [0.25, 0.3) is 0 Å². The van der Waals surface area contributed by atoms with E-state index in [9.17, 15) is 14.0 Å². The Hall–Kier alpha value is -1.66. The molecule has 0 aliphatic carbocycles. The van der Waals surface area contributed by atoms with Crippen LogP contribution in [0.3, 0.4) is 0 Å². The van der Waals surface area contributed by atoms with Gasteiger partial charge in [-0.1, -0.05) is 12.1 Å². The number of aryl methyl sites for hydroxylation is 1. The highest BCUT2D eigenvalue weighted by atomic mass is 35.5. The molecule has 19 heavy (non-hydrogen) atoms. The monoisotopic (exact) mass is 289 g/mol. The number of benzene rings is 1. The van der Waals surface area contributed by atoms with Gasteiger partial charge >= 0.3 is 0 Å². The third-order valence-electron chi connectivity index (χ3n) is 2.46. The fourth-order valence-corrected chi connectivity index (χ4v) is 1.38. The number of nitrogens with two attached hydrogens (primary N) is 2. The molecule has 0 heterocycles. The van der Waals surface area contributed by atoms with E-state index in [1.54, 1.807) is 19.1 Å². The van der Waals surface area contributed by atoms with Crippen LogP contribution in [-0.4, -0.2) is 17.9 Å². The molecule has 7 heteroatoms. The number of primary amides is 1. The number of nitrogens with one attached hydrogen (secondary N) is 1. The Morgan fingerprint density at radius 3 is 2.58 bits per heavy atom. The molecule has 0 saturated heterocycles. The van der Waals surface area contributed by atoms with Crippen LogP contribution in [-0.2, 0) is 16.1 Å². The quantitative estimate of drug-likeness (QED) is 0.730. The van der Waals surface area contributed by atoms with Gasteiger partial charge in [0.1, 0.15) is 5.82 Å². The summed E-state index contributed by atoms with van der Waals surface area (Å²) >= 11 is 0. The standard InChI is InChI=1S/C12H16FN3O2.ClH/c1-7-2-3-8(4-9(7)13)6-16-12(18)10(14)5-11(15)17;/h2-4,10H,5-6,14H2,1H3,(H2,15,17)(H,16,18);1H. The lowest BCUT2D eigenvalue weighted by Gasteiger charge is -2.10. The first-order chi connectivity index (χ1) is 8.40. The summed E-state index contributed by atoms with van der Waals surface area (Å²) in [6.07, 6.45) is -0.214. The summed E-state index contributed by atoms with van der Waals surface area (Å²) in [7, 11) is 0. The summed E-state index contributed by atoms with van der Waals surface area (Å²) in [6, 6.07) is 3.70. The van der Waals surface area contributed by atoms with Crippen molar-refractivity contribution in [1.82, 2.24) is 5.32 Å². The summed E-state index contributed by atoms with van der Waals surface area (Å²) in [4.78, 5) is 22.0. The molecule has 5 N–H and O–H groups in total. The van der Waals surface area contributed by atoms with Crippen LogP contribution < -0.4 is 16.8 Å². The molecule has 0 fully saturated rings. The lowest BCUT2D eigenvalue weighted by atomic mass is 10.1. The van der Waals surface area contributed by atoms with Crippen molar-refractivity contribution in [3.8, 4) is 0 Å². The highest BCUT2D eigenvalue weighted by Gasteiger charge is 2.15. The van der Waals surface area contributed by atoms with Crippen LogP contribution in [0.4, 0.5) is 4.39 Å². The molecule has 0 aliphatic heterocycles. The van der Waals surface area contributed by atoms with Crippen LogP contribution in [0.2, 0.25) is 0 Å². The Morgan fingerprint density at radius 2 is 2.05 bits per heavy atom. The van der Waals surface area contributed by atoms with E-state index in [0.717, 1.165) is 0 Å². The van der Waals surface area contributed by atoms with Crippen LogP contribution in [0.15, 0.2) is 18.2 Å². The molecule has 0 spiro atoms. The van der Waals surface area contributed by atoms with Gasteiger partial charge in [-0.15, -0.1) is 12.4 Å². The van der Waals surface area contributed by atoms with Gasteiger partial charge < -0.3 is 16.8 Å². The van der Waals surface area contributed by atoms with Gasteiger partial charge in [-0.25, -0.2) is 4.39 Å². The van der Waals surface area contributed by atoms with E-state index < -0.39 is 17.9 Å². The van der Waals surface area contributed by atoms with Crippen molar-refractivity contribution in [3.63, 3.8) is 0 Å². The molecule has 0 bridgehead atoms. The molecule has 1 rings (SSSR count). The van der Waals surface area contributed by atoms with Crippen molar-refractivity contribution in [1.29, 1.82) is 0 Å². The number of carbonyl (C=O) groups excluding carboxylic acids is 2. The minimum absolute atomic E-state index is 0. The van der Waals surface area contributed by atoms with E-state index in [0.29, 0.717) is 11.1 Å². The zero-order valence-corrected chi connectivity index (χ0v) is 11.3. The van der Waals surface area contributed by atoms with E-state index >= 15 is 0 Å². The molecule has 2 amide bonds. The minimum atomic E-state index is -0.974. The van der Waals surface area contributed by atoms with Crippen molar-refractivity contribution >= 4 is 24.2 Å². The number of hydrogen-bond donors (Lipinski definition) is 3.